The Kier molecular flexibility index (Phi) is 6.86. The number of para-hydroxylation sites is 1. The number of anilines is 1. The van der Waals surface area contributed by atoms with Crippen LogP contribution in [-0.2, 0) is 11.3 Å². The number of rotatable bonds is 5. The minimum atomic E-state index is -0.400. The molecule has 0 unspecified atom stereocenters. The Morgan fingerprint density at radius 1 is 0.889 bits per heavy atom. The van der Waals surface area contributed by atoms with Crippen LogP contribution in [0.25, 0.3) is 6.08 Å². The Morgan fingerprint density at radius 2 is 1.61 bits per heavy atom. The second-order valence-electron chi connectivity index (χ2n) is 8.63. The lowest BCUT2D eigenvalue weighted by Gasteiger charge is -2.36. The van der Waals surface area contributed by atoms with Crippen molar-refractivity contribution >= 4 is 40.6 Å². The monoisotopic (exact) mass is 501 g/mol. The number of carbonyl (C=O) groups excluding carboxylic acids is 3. The lowest BCUT2D eigenvalue weighted by Crippen LogP contribution is -2.48. The Labute approximate surface area is 213 Å². The van der Waals surface area contributed by atoms with Crippen LogP contribution in [0, 0.1) is 5.82 Å². The summed E-state index contributed by atoms with van der Waals surface area (Å²) in [6, 6.07) is 23.0. The summed E-state index contributed by atoms with van der Waals surface area (Å²) in [5.74, 6) is -0.828. The van der Waals surface area contributed by atoms with Crippen LogP contribution in [-0.4, -0.2) is 53.0 Å². The average molecular weight is 502 g/mol. The third-order valence-corrected chi connectivity index (χ3v) is 7.15. The van der Waals surface area contributed by atoms with Gasteiger partial charge in [-0.3, -0.25) is 19.3 Å². The van der Waals surface area contributed by atoms with Gasteiger partial charge in [0.25, 0.3) is 17.1 Å². The summed E-state index contributed by atoms with van der Waals surface area (Å²) in [6.07, 6.45) is 1.64. The first-order chi connectivity index (χ1) is 17.5. The molecule has 0 radical (unpaired) electrons. The maximum Gasteiger partial charge on any atom is 0.293 e. The molecule has 5 rings (SSSR count). The van der Waals surface area contributed by atoms with Crippen molar-refractivity contribution in [1.29, 1.82) is 0 Å². The van der Waals surface area contributed by atoms with Gasteiger partial charge in [0.2, 0.25) is 0 Å². The highest BCUT2D eigenvalue weighted by atomic mass is 32.2. The zero-order chi connectivity index (χ0) is 25.1. The van der Waals surface area contributed by atoms with Crippen molar-refractivity contribution in [3.8, 4) is 0 Å². The molecule has 8 heteroatoms. The number of benzene rings is 3. The molecule has 3 aromatic rings. The number of halogens is 1. The van der Waals surface area contributed by atoms with Crippen LogP contribution in [0.3, 0.4) is 0 Å². The molecular formula is C28H24FN3O3S. The fourth-order valence-electron chi connectivity index (χ4n) is 4.31. The molecule has 2 fully saturated rings. The average Bonchev–Trinajstić information content (AvgIpc) is 3.17. The standard InChI is InChI=1S/C28H24FN3O3S/c29-23-11-9-20(10-12-23)19-32-27(34)25(36-28(32)35)18-21-5-4-6-22(17-21)26(33)31-15-13-30(14-16-31)24-7-2-1-3-8-24/h1-12,17-18H,13-16,19H2/b25-18-. The molecule has 182 valence electrons. The van der Waals surface area contributed by atoms with E-state index >= 15 is 0 Å². The van der Waals surface area contributed by atoms with E-state index in [0.29, 0.717) is 34.7 Å². The van der Waals surface area contributed by atoms with Gasteiger partial charge in [-0.25, -0.2) is 4.39 Å². The van der Waals surface area contributed by atoms with Gasteiger partial charge in [0.1, 0.15) is 5.82 Å². The van der Waals surface area contributed by atoms with Gasteiger partial charge in [-0.2, -0.15) is 0 Å². The first-order valence-corrected chi connectivity index (χ1v) is 12.5. The Hall–Kier alpha value is -3.91. The van der Waals surface area contributed by atoms with E-state index < -0.39 is 5.91 Å². The highest BCUT2D eigenvalue weighted by Crippen LogP contribution is 2.33. The van der Waals surface area contributed by atoms with Gasteiger partial charge in [-0.15, -0.1) is 0 Å². The molecule has 3 aromatic carbocycles. The summed E-state index contributed by atoms with van der Waals surface area (Å²) in [5.41, 5.74) is 3.04. The highest BCUT2D eigenvalue weighted by molar-refractivity contribution is 8.18. The van der Waals surface area contributed by atoms with E-state index in [2.05, 4.69) is 17.0 Å². The number of hydrogen-bond acceptors (Lipinski definition) is 5. The van der Waals surface area contributed by atoms with E-state index in [1.54, 1.807) is 42.5 Å². The van der Waals surface area contributed by atoms with Gasteiger partial charge < -0.3 is 9.80 Å². The quantitative estimate of drug-likeness (QED) is 0.459. The molecule has 2 saturated heterocycles. The van der Waals surface area contributed by atoms with Crippen LogP contribution in [0.15, 0.2) is 83.8 Å². The fourth-order valence-corrected chi connectivity index (χ4v) is 5.15. The number of piperazine rings is 1. The van der Waals surface area contributed by atoms with Crippen LogP contribution in [0.5, 0.6) is 0 Å². The van der Waals surface area contributed by atoms with Crippen molar-refractivity contribution in [3.05, 3.63) is 106 Å². The van der Waals surface area contributed by atoms with Crippen molar-refractivity contribution in [2.45, 2.75) is 6.54 Å². The topological polar surface area (TPSA) is 60.9 Å². The van der Waals surface area contributed by atoms with E-state index in [9.17, 15) is 18.8 Å². The molecule has 0 spiro atoms. The van der Waals surface area contributed by atoms with Crippen LogP contribution in [0.1, 0.15) is 21.5 Å². The van der Waals surface area contributed by atoms with Crippen molar-refractivity contribution in [3.63, 3.8) is 0 Å². The Balaban J connectivity index is 1.25. The molecule has 2 heterocycles. The minimum absolute atomic E-state index is 0.0534. The zero-order valence-electron chi connectivity index (χ0n) is 19.5. The smallest absolute Gasteiger partial charge is 0.293 e. The summed E-state index contributed by atoms with van der Waals surface area (Å²) >= 11 is 0.863. The fraction of sp³-hybridized carbons (Fsp3) is 0.179. The normalized spacial score (nSPS) is 17.2. The first kappa shape index (κ1) is 23.8. The summed E-state index contributed by atoms with van der Waals surface area (Å²) in [6.45, 7) is 2.85. The van der Waals surface area contributed by atoms with Crippen molar-refractivity contribution in [2.24, 2.45) is 0 Å². The molecule has 0 saturated carbocycles. The largest absolute Gasteiger partial charge is 0.368 e. The third-order valence-electron chi connectivity index (χ3n) is 6.25. The maximum atomic E-state index is 13.2. The molecule has 0 atom stereocenters. The lowest BCUT2D eigenvalue weighted by atomic mass is 10.1. The van der Waals surface area contributed by atoms with Gasteiger partial charge in [0.15, 0.2) is 0 Å². The molecule has 0 N–H and O–H groups in total. The van der Waals surface area contributed by atoms with Gasteiger partial charge >= 0.3 is 0 Å². The molecule has 0 aliphatic carbocycles. The number of nitrogens with zero attached hydrogens (tertiary/aromatic N) is 3. The predicted octanol–water partition coefficient (Wildman–Crippen LogP) is 5.02. The molecule has 36 heavy (non-hydrogen) atoms. The minimum Gasteiger partial charge on any atom is -0.368 e. The Bertz CT molecular complexity index is 1320. The SMILES string of the molecule is O=C(c1cccc(/C=C2\SC(=O)N(Cc3ccc(F)cc3)C2=O)c1)N1CCN(c2ccccc2)CC1. The predicted molar refractivity (Wildman–Crippen MR) is 139 cm³/mol. The van der Waals surface area contributed by atoms with E-state index in [1.807, 2.05) is 23.1 Å². The van der Waals surface area contributed by atoms with Gasteiger partial charge in [0, 0.05) is 37.4 Å². The molecule has 3 amide bonds. The Morgan fingerprint density at radius 3 is 2.33 bits per heavy atom. The zero-order valence-corrected chi connectivity index (χ0v) is 20.3. The number of amides is 3. The van der Waals surface area contributed by atoms with Crippen molar-refractivity contribution in [2.75, 3.05) is 31.1 Å². The van der Waals surface area contributed by atoms with E-state index in [1.165, 1.54) is 12.1 Å². The summed E-state index contributed by atoms with van der Waals surface area (Å²) in [7, 11) is 0. The molecular weight excluding hydrogens is 477 g/mol. The van der Waals surface area contributed by atoms with Gasteiger partial charge in [0.05, 0.1) is 11.4 Å². The molecule has 6 nitrogen and oxygen atoms in total. The van der Waals surface area contributed by atoms with Crippen LogP contribution < -0.4 is 4.90 Å². The first-order valence-electron chi connectivity index (χ1n) is 11.7. The van der Waals surface area contributed by atoms with Gasteiger partial charge in [-0.05, 0) is 65.4 Å². The molecule has 0 aromatic heterocycles. The van der Waals surface area contributed by atoms with Crippen molar-refractivity contribution in [1.82, 2.24) is 9.80 Å². The van der Waals surface area contributed by atoms with E-state index in [0.717, 1.165) is 35.4 Å². The van der Waals surface area contributed by atoms with Crippen molar-refractivity contribution < 1.29 is 18.8 Å². The van der Waals surface area contributed by atoms with E-state index in [-0.39, 0.29) is 23.5 Å². The molecule has 0 bridgehead atoms. The van der Waals surface area contributed by atoms with Crippen LogP contribution >= 0.6 is 11.8 Å². The second kappa shape index (κ2) is 10.4. The summed E-state index contributed by atoms with van der Waals surface area (Å²) in [4.78, 5) is 44.0. The molecule has 2 aliphatic rings. The van der Waals surface area contributed by atoms with Crippen LogP contribution in [0.2, 0.25) is 0 Å². The van der Waals surface area contributed by atoms with Gasteiger partial charge in [-0.1, -0.05) is 42.5 Å². The summed E-state index contributed by atoms with van der Waals surface area (Å²) in [5, 5.41) is -0.376. The summed E-state index contributed by atoms with van der Waals surface area (Å²) < 4.78 is 13.2. The van der Waals surface area contributed by atoms with E-state index in [4.69, 9.17) is 0 Å². The molecule has 2 aliphatic heterocycles. The second-order valence-corrected chi connectivity index (χ2v) is 9.63. The lowest BCUT2D eigenvalue weighted by molar-refractivity contribution is -0.123. The number of carbonyl (C=O) groups is 3. The number of imide groups is 1. The number of thioether (sulfide) groups is 1. The highest BCUT2D eigenvalue weighted by Gasteiger charge is 2.35. The third kappa shape index (κ3) is 5.18. The number of hydrogen-bond donors (Lipinski definition) is 0. The maximum absolute atomic E-state index is 13.2. The van der Waals surface area contributed by atoms with Crippen LogP contribution in [0.4, 0.5) is 14.9 Å².